The number of benzene rings is 1. The molecule has 1 aliphatic heterocycles. The molecule has 0 saturated carbocycles. The van der Waals surface area contributed by atoms with E-state index in [9.17, 15) is 0 Å². The maximum absolute atomic E-state index is 8.99. The van der Waals surface area contributed by atoms with Crippen LogP contribution in [0.15, 0.2) is 22.7 Å². The summed E-state index contributed by atoms with van der Waals surface area (Å²) in [4.78, 5) is 0. The number of aliphatic hydroxyl groups excluding tert-OH is 1. The van der Waals surface area contributed by atoms with Crippen molar-refractivity contribution in [2.24, 2.45) is 0 Å². The zero-order valence-electron chi connectivity index (χ0n) is 8.99. The Morgan fingerprint density at radius 1 is 1.50 bits per heavy atom. The third kappa shape index (κ3) is 2.97. The first kappa shape index (κ1) is 11.9. The second kappa shape index (κ2) is 5.66. The third-order valence-corrected chi connectivity index (χ3v) is 3.21. The molecule has 1 aromatic carbocycles. The number of rotatable bonds is 3. The van der Waals surface area contributed by atoms with Gasteiger partial charge in [0.25, 0.3) is 0 Å². The molecule has 1 aliphatic rings. The molecular weight excluding hydrogens is 272 g/mol. The van der Waals surface area contributed by atoms with Gasteiger partial charge in [0.2, 0.25) is 0 Å². The summed E-state index contributed by atoms with van der Waals surface area (Å²) in [6.07, 6.45) is 2.23. The molecule has 1 aromatic rings. The third-order valence-electron chi connectivity index (χ3n) is 2.59. The molecule has 0 spiro atoms. The van der Waals surface area contributed by atoms with Crippen LogP contribution in [-0.4, -0.2) is 24.4 Å². The molecule has 0 amide bonds. The molecule has 3 nitrogen and oxygen atoms in total. The van der Waals surface area contributed by atoms with E-state index in [2.05, 4.69) is 15.9 Å². The molecule has 16 heavy (non-hydrogen) atoms. The van der Waals surface area contributed by atoms with E-state index in [1.165, 1.54) is 0 Å². The van der Waals surface area contributed by atoms with E-state index in [1.54, 1.807) is 0 Å². The SMILES string of the molecule is OCc1ccc(OC2CCCOC2)c(Br)c1. The summed E-state index contributed by atoms with van der Waals surface area (Å²) in [5, 5.41) is 8.99. The molecule has 0 radical (unpaired) electrons. The van der Waals surface area contributed by atoms with Crippen LogP contribution in [0.1, 0.15) is 18.4 Å². The van der Waals surface area contributed by atoms with Gasteiger partial charge < -0.3 is 14.6 Å². The highest BCUT2D eigenvalue weighted by Gasteiger charge is 2.16. The summed E-state index contributed by atoms with van der Waals surface area (Å²) in [7, 11) is 0. The van der Waals surface area contributed by atoms with Gasteiger partial charge in [-0.15, -0.1) is 0 Å². The zero-order chi connectivity index (χ0) is 11.4. The number of hydrogen-bond acceptors (Lipinski definition) is 3. The fourth-order valence-corrected chi connectivity index (χ4v) is 2.24. The Kier molecular flexibility index (Phi) is 4.21. The van der Waals surface area contributed by atoms with E-state index in [4.69, 9.17) is 14.6 Å². The van der Waals surface area contributed by atoms with Crippen molar-refractivity contribution in [1.82, 2.24) is 0 Å². The van der Waals surface area contributed by atoms with E-state index in [0.717, 1.165) is 35.2 Å². The minimum atomic E-state index is 0.0470. The maximum Gasteiger partial charge on any atom is 0.134 e. The highest BCUT2D eigenvalue weighted by Crippen LogP contribution is 2.28. The molecule has 1 unspecified atom stereocenters. The van der Waals surface area contributed by atoms with Crippen molar-refractivity contribution < 1.29 is 14.6 Å². The van der Waals surface area contributed by atoms with Crippen LogP contribution >= 0.6 is 15.9 Å². The Bertz CT molecular complexity index is 348. The molecule has 0 aromatic heterocycles. The van der Waals surface area contributed by atoms with Crippen molar-refractivity contribution in [3.05, 3.63) is 28.2 Å². The van der Waals surface area contributed by atoms with Gasteiger partial charge in [0, 0.05) is 6.61 Å². The fourth-order valence-electron chi connectivity index (χ4n) is 1.72. The van der Waals surface area contributed by atoms with E-state index in [0.29, 0.717) is 6.61 Å². The minimum Gasteiger partial charge on any atom is -0.487 e. The van der Waals surface area contributed by atoms with Crippen LogP contribution in [-0.2, 0) is 11.3 Å². The number of hydrogen-bond donors (Lipinski definition) is 1. The van der Waals surface area contributed by atoms with Crippen LogP contribution in [0.5, 0.6) is 5.75 Å². The molecule has 1 heterocycles. The van der Waals surface area contributed by atoms with E-state index < -0.39 is 0 Å². The van der Waals surface area contributed by atoms with Gasteiger partial charge in [0.05, 0.1) is 17.7 Å². The van der Waals surface area contributed by atoms with Gasteiger partial charge in [-0.05, 0) is 46.5 Å². The lowest BCUT2D eigenvalue weighted by Crippen LogP contribution is -2.28. The monoisotopic (exact) mass is 286 g/mol. The van der Waals surface area contributed by atoms with Crippen molar-refractivity contribution in [3.8, 4) is 5.75 Å². The van der Waals surface area contributed by atoms with Crippen LogP contribution in [0, 0.1) is 0 Å². The largest absolute Gasteiger partial charge is 0.487 e. The van der Waals surface area contributed by atoms with Gasteiger partial charge in [0.1, 0.15) is 11.9 Å². The first-order valence-corrected chi connectivity index (χ1v) is 6.22. The van der Waals surface area contributed by atoms with Gasteiger partial charge in [-0.25, -0.2) is 0 Å². The lowest BCUT2D eigenvalue weighted by molar-refractivity contribution is 0.00710. The Morgan fingerprint density at radius 3 is 3.00 bits per heavy atom. The van der Waals surface area contributed by atoms with Crippen molar-refractivity contribution in [2.75, 3.05) is 13.2 Å². The van der Waals surface area contributed by atoms with Crippen molar-refractivity contribution in [2.45, 2.75) is 25.6 Å². The summed E-state index contributed by atoms with van der Waals surface area (Å²) in [6.45, 7) is 1.55. The topological polar surface area (TPSA) is 38.7 Å². The van der Waals surface area contributed by atoms with Gasteiger partial charge in [-0.1, -0.05) is 6.07 Å². The first-order chi connectivity index (χ1) is 7.79. The quantitative estimate of drug-likeness (QED) is 0.928. The van der Waals surface area contributed by atoms with Gasteiger partial charge in [0.15, 0.2) is 0 Å². The van der Waals surface area contributed by atoms with E-state index in [-0.39, 0.29) is 12.7 Å². The normalized spacial score (nSPS) is 20.8. The summed E-state index contributed by atoms with van der Waals surface area (Å²) in [6, 6.07) is 5.62. The second-order valence-electron chi connectivity index (χ2n) is 3.88. The minimum absolute atomic E-state index is 0.0470. The smallest absolute Gasteiger partial charge is 0.134 e. The summed E-state index contributed by atoms with van der Waals surface area (Å²) < 4.78 is 12.1. The Morgan fingerprint density at radius 2 is 2.38 bits per heavy atom. The molecule has 1 saturated heterocycles. The average molecular weight is 287 g/mol. The van der Waals surface area contributed by atoms with Gasteiger partial charge in [-0.3, -0.25) is 0 Å². The van der Waals surface area contributed by atoms with Crippen molar-refractivity contribution in [3.63, 3.8) is 0 Å². The first-order valence-electron chi connectivity index (χ1n) is 5.43. The highest BCUT2D eigenvalue weighted by molar-refractivity contribution is 9.10. The molecule has 0 bridgehead atoms. The highest BCUT2D eigenvalue weighted by atomic mass is 79.9. The molecule has 0 aliphatic carbocycles. The predicted molar refractivity (Wildman–Crippen MR) is 64.5 cm³/mol. The predicted octanol–water partition coefficient (Wildman–Crippen LogP) is 2.50. The van der Waals surface area contributed by atoms with Gasteiger partial charge >= 0.3 is 0 Å². The number of halogens is 1. The summed E-state index contributed by atoms with van der Waals surface area (Å²) >= 11 is 3.44. The standard InChI is InChI=1S/C12H15BrO3/c13-11-6-9(7-14)3-4-12(11)16-10-2-1-5-15-8-10/h3-4,6,10,14H,1-2,5,7-8H2. The van der Waals surface area contributed by atoms with E-state index >= 15 is 0 Å². The van der Waals surface area contributed by atoms with Crippen LogP contribution in [0.4, 0.5) is 0 Å². The molecule has 1 fully saturated rings. The molecular formula is C12H15BrO3. The maximum atomic E-state index is 8.99. The molecule has 1 N–H and O–H groups in total. The Labute approximate surface area is 104 Å². The zero-order valence-corrected chi connectivity index (χ0v) is 10.6. The van der Waals surface area contributed by atoms with Crippen molar-refractivity contribution >= 4 is 15.9 Å². The van der Waals surface area contributed by atoms with Crippen LogP contribution in [0.25, 0.3) is 0 Å². The van der Waals surface area contributed by atoms with Gasteiger partial charge in [-0.2, -0.15) is 0 Å². The molecule has 1 atom stereocenters. The van der Waals surface area contributed by atoms with Crippen LogP contribution in [0.2, 0.25) is 0 Å². The molecule has 88 valence electrons. The van der Waals surface area contributed by atoms with E-state index in [1.807, 2.05) is 18.2 Å². The Balaban J connectivity index is 2.03. The van der Waals surface area contributed by atoms with Crippen LogP contribution < -0.4 is 4.74 Å². The lowest BCUT2D eigenvalue weighted by atomic mass is 10.1. The summed E-state index contributed by atoms with van der Waals surface area (Å²) in [5.74, 6) is 0.813. The number of aliphatic hydroxyl groups is 1. The molecule has 4 heteroatoms. The average Bonchev–Trinajstić information content (AvgIpc) is 2.33. The van der Waals surface area contributed by atoms with Crippen LogP contribution in [0.3, 0.4) is 0 Å². The molecule has 2 rings (SSSR count). The Hall–Kier alpha value is -0.580. The van der Waals surface area contributed by atoms with Crippen molar-refractivity contribution in [1.29, 1.82) is 0 Å². The summed E-state index contributed by atoms with van der Waals surface area (Å²) in [5.41, 5.74) is 0.874. The number of ether oxygens (including phenoxy) is 2. The second-order valence-corrected chi connectivity index (χ2v) is 4.73. The fraction of sp³-hybridized carbons (Fsp3) is 0.500. The lowest BCUT2D eigenvalue weighted by Gasteiger charge is -2.23.